The number of benzene rings is 3. The van der Waals surface area contributed by atoms with E-state index < -0.39 is 31.3 Å². The van der Waals surface area contributed by atoms with Gasteiger partial charge in [0.25, 0.3) is 11.6 Å². The Morgan fingerprint density at radius 1 is 1.06 bits per heavy atom. The van der Waals surface area contributed by atoms with Crippen molar-refractivity contribution in [1.82, 2.24) is 0 Å². The van der Waals surface area contributed by atoms with E-state index >= 15 is 0 Å². The molecule has 0 radical (unpaired) electrons. The van der Waals surface area contributed by atoms with E-state index in [1.807, 2.05) is 30.3 Å². The highest BCUT2D eigenvalue weighted by molar-refractivity contribution is 7.90. The molecular formula is C22H20N2O6S. The molecule has 0 unspecified atom stereocenters. The minimum absolute atomic E-state index is 0.0282. The molecule has 3 rings (SSSR count). The Hall–Kier alpha value is -3.72. The second kappa shape index (κ2) is 8.97. The van der Waals surface area contributed by atoms with Gasteiger partial charge >= 0.3 is 0 Å². The second-order valence-corrected chi connectivity index (χ2v) is 8.84. The SMILES string of the molecule is COc1ccc(NC(=O)c2ccc(S(C)(=O)=O)c([N+](=O)[O-])c2)cc1Cc1ccccc1. The molecule has 9 heteroatoms. The molecule has 3 aromatic carbocycles. The van der Waals surface area contributed by atoms with Gasteiger partial charge in [0.15, 0.2) is 9.84 Å². The summed E-state index contributed by atoms with van der Waals surface area (Å²) in [5, 5.41) is 14.0. The van der Waals surface area contributed by atoms with Crippen LogP contribution in [-0.4, -0.2) is 32.6 Å². The molecule has 0 bridgehead atoms. The van der Waals surface area contributed by atoms with Gasteiger partial charge in [-0.25, -0.2) is 8.42 Å². The number of hydrogen-bond donors (Lipinski definition) is 1. The fourth-order valence-electron chi connectivity index (χ4n) is 3.13. The van der Waals surface area contributed by atoms with E-state index in [1.54, 1.807) is 25.3 Å². The number of carbonyl (C=O) groups excluding carboxylic acids is 1. The minimum atomic E-state index is -3.81. The highest BCUT2D eigenvalue weighted by atomic mass is 32.2. The van der Waals surface area contributed by atoms with Crippen LogP contribution in [0.5, 0.6) is 5.75 Å². The first-order valence-electron chi connectivity index (χ1n) is 9.19. The van der Waals surface area contributed by atoms with Gasteiger partial charge in [0.05, 0.1) is 12.0 Å². The van der Waals surface area contributed by atoms with Gasteiger partial charge in [-0.3, -0.25) is 14.9 Å². The Kier molecular flexibility index (Phi) is 6.36. The van der Waals surface area contributed by atoms with Crippen LogP contribution in [0, 0.1) is 10.1 Å². The van der Waals surface area contributed by atoms with Gasteiger partial charge < -0.3 is 10.1 Å². The molecule has 0 heterocycles. The number of anilines is 1. The highest BCUT2D eigenvalue weighted by Crippen LogP contribution is 2.27. The summed E-state index contributed by atoms with van der Waals surface area (Å²) in [6.45, 7) is 0. The number of nitrogens with one attached hydrogen (secondary N) is 1. The smallest absolute Gasteiger partial charge is 0.288 e. The van der Waals surface area contributed by atoms with Gasteiger partial charge in [0, 0.05) is 35.6 Å². The fourth-order valence-corrected chi connectivity index (χ4v) is 3.96. The Bertz CT molecular complexity index is 1240. The first kappa shape index (κ1) is 22.0. The molecular weight excluding hydrogens is 420 g/mol. The quantitative estimate of drug-likeness (QED) is 0.441. The number of rotatable bonds is 7. The molecule has 0 spiro atoms. The predicted octanol–water partition coefficient (Wildman–Crippen LogP) is 3.85. The topological polar surface area (TPSA) is 116 Å². The van der Waals surface area contributed by atoms with Crippen LogP contribution < -0.4 is 10.1 Å². The van der Waals surface area contributed by atoms with Gasteiger partial charge in [-0.1, -0.05) is 30.3 Å². The molecule has 0 aliphatic carbocycles. The third-order valence-corrected chi connectivity index (χ3v) is 5.74. The molecule has 31 heavy (non-hydrogen) atoms. The van der Waals surface area contributed by atoms with Crippen LogP contribution in [0.15, 0.2) is 71.6 Å². The average Bonchev–Trinajstić information content (AvgIpc) is 2.73. The van der Waals surface area contributed by atoms with E-state index in [1.165, 1.54) is 6.07 Å². The standard InChI is InChI=1S/C22H20N2O6S/c1-30-20-10-9-18(13-17(20)12-15-6-4-3-5-7-15)23-22(25)16-8-11-21(31(2,28)29)19(14-16)24(26)27/h3-11,13-14H,12H2,1-2H3,(H,23,25). The second-order valence-electron chi connectivity index (χ2n) is 6.85. The van der Waals surface area contributed by atoms with Crippen molar-refractivity contribution < 1.29 is 22.9 Å². The monoisotopic (exact) mass is 440 g/mol. The van der Waals surface area contributed by atoms with Gasteiger partial charge in [-0.2, -0.15) is 0 Å². The van der Waals surface area contributed by atoms with Crippen molar-refractivity contribution in [2.45, 2.75) is 11.3 Å². The zero-order valence-corrected chi connectivity index (χ0v) is 17.7. The molecule has 160 valence electrons. The van der Waals surface area contributed by atoms with Crippen LogP contribution in [0.4, 0.5) is 11.4 Å². The molecule has 0 saturated carbocycles. The Labute approximate surface area is 179 Å². The lowest BCUT2D eigenvalue weighted by molar-refractivity contribution is -0.387. The summed E-state index contributed by atoms with van der Waals surface area (Å²) in [5.41, 5.74) is 1.72. The molecule has 1 N–H and O–H groups in total. The van der Waals surface area contributed by atoms with Gasteiger partial charge in [0.2, 0.25) is 0 Å². The summed E-state index contributed by atoms with van der Waals surface area (Å²) in [7, 11) is -2.25. The summed E-state index contributed by atoms with van der Waals surface area (Å²) in [4.78, 5) is 22.7. The van der Waals surface area contributed by atoms with Crippen LogP contribution in [-0.2, 0) is 16.3 Å². The van der Waals surface area contributed by atoms with Crippen molar-refractivity contribution in [3.05, 3.63) is 93.5 Å². The van der Waals surface area contributed by atoms with Crippen LogP contribution in [0.2, 0.25) is 0 Å². The number of nitrogens with zero attached hydrogens (tertiary/aromatic N) is 1. The van der Waals surface area contributed by atoms with Gasteiger partial charge in [-0.05, 0) is 35.9 Å². The number of nitro benzene ring substituents is 1. The molecule has 0 aliphatic rings. The first-order chi connectivity index (χ1) is 14.7. The number of nitro groups is 1. The largest absolute Gasteiger partial charge is 0.496 e. The van der Waals surface area contributed by atoms with Crippen molar-refractivity contribution in [2.75, 3.05) is 18.7 Å². The number of amides is 1. The summed E-state index contributed by atoms with van der Waals surface area (Å²) in [6, 6.07) is 18.2. The maximum atomic E-state index is 12.7. The van der Waals surface area contributed by atoms with Crippen molar-refractivity contribution in [2.24, 2.45) is 0 Å². The molecule has 3 aromatic rings. The van der Waals surface area contributed by atoms with Crippen LogP contribution in [0.3, 0.4) is 0 Å². The Morgan fingerprint density at radius 2 is 1.77 bits per heavy atom. The maximum Gasteiger partial charge on any atom is 0.288 e. The number of ether oxygens (including phenoxy) is 1. The van der Waals surface area contributed by atoms with E-state index in [0.717, 1.165) is 29.5 Å². The Morgan fingerprint density at radius 3 is 2.39 bits per heavy atom. The van der Waals surface area contributed by atoms with Crippen LogP contribution in [0.1, 0.15) is 21.5 Å². The molecule has 0 fully saturated rings. The van der Waals surface area contributed by atoms with Crippen molar-refractivity contribution in [3.8, 4) is 5.75 Å². The lowest BCUT2D eigenvalue weighted by Gasteiger charge is -2.12. The van der Waals surface area contributed by atoms with Gasteiger partial charge in [0.1, 0.15) is 10.6 Å². The third-order valence-electron chi connectivity index (χ3n) is 4.59. The lowest BCUT2D eigenvalue weighted by Crippen LogP contribution is -2.13. The predicted molar refractivity (Wildman–Crippen MR) is 116 cm³/mol. The van der Waals surface area contributed by atoms with E-state index in [9.17, 15) is 23.3 Å². The Balaban J connectivity index is 1.89. The zero-order valence-electron chi connectivity index (χ0n) is 16.9. The number of hydrogen-bond acceptors (Lipinski definition) is 6. The molecule has 0 saturated heterocycles. The van der Waals surface area contributed by atoms with Gasteiger partial charge in [-0.15, -0.1) is 0 Å². The molecule has 1 amide bonds. The van der Waals surface area contributed by atoms with E-state index in [2.05, 4.69) is 5.32 Å². The fraction of sp³-hybridized carbons (Fsp3) is 0.136. The molecule has 0 aliphatic heterocycles. The highest BCUT2D eigenvalue weighted by Gasteiger charge is 2.24. The molecule has 0 atom stereocenters. The third kappa shape index (κ3) is 5.26. The summed E-state index contributed by atoms with van der Waals surface area (Å²) >= 11 is 0. The summed E-state index contributed by atoms with van der Waals surface area (Å²) in [6.07, 6.45) is 1.46. The van der Waals surface area contributed by atoms with E-state index in [4.69, 9.17) is 4.74 Å². The average molecular weight is 440 g/mol. The van der Waals surface area contributed by atoms with Crippen molar-refractivity contribution in [3.63, 3.8) is 0 Å². The van der Waals surface area contributed by atoms with E-state index in [0.29, 0.717) is 17.9 Å². The lowest BCUT2D eigenvalue weighted by atomic mass is 10.0. The first-order valence-corrected chi connectivity index (χ1v) is 11.1. The number of sulfone groups is 1. The summed E-state index contributed by atoms with van der Waals surface area (Å²) < 4.78 is 28.9. The molecule has 0 aromatic heterocycles. The molecule has 8 nitrogen and oxygen atoms in total. The normalized spacial score (nSPS) is 11.0. The van der Waals surface area contributed by atoms with Crippen molar-refractivity contribution in [1.29, 1.82) is 0 Å². The van der Waals surface area contributed by atoms with Crippen LogP contribution in [0.25, 0.3) is 0 Å². The minimum Gasteiger partial charge on any atom is -0.496 e. The van der Waals surface area contributed by atoms with Crippen molar-refractivity contribution >= 4 is 27.1 Å². The number of methoxy groups -OCH3 is 1. The zero-order chi connectivity index (χ0) is 22.6. The van der Waals surface area contributed by atoms with Crippen LogP contribution >= 0.6 is 0 Å². The summed E-state index contributed by atoms with van der Waals surface area (Å²) in [5.74, 6) is 0.0639. The maximum absolute atomic E-state index is 12.7. The van der Waals surface area contributed by atoms with E-state index in [-0.39, 0.29) is 5.56 Å². The number of carbonyl (C=O) groups is 1.